The third kappa shape index (κ3) is 4.42. The van der Waals surface area contributed by atoms with Gasteiger partial charge in [0.25, 0.3) is 0 Å². The minimum absolute atomic E-state index is 0.334. The van der Waals surface area contributed by atoms with E-state index in [9.17, 15) is 4.79 Å². The number of allylic oxidation sites excluding steroid dienone is 4. The van der Waals surface area contributed by atoms with Crippen molar-refractivity contribution in [1.29, 1.82) is 0 Å². The monoisotopic (exact) mass is 244 g/mol. The maximum atomic E-state index is 11.2. The summed E-state index contributed by atoms with van der Waals surface area (Å²) in [5.41, 5.74) is 2.49. The number of methoxy groups -OCH3 is 1. The lowest BCUT2D eigenvalue weighted by Gasteiger charge is -2.03. The predicted molar refractivity (Wildman–Crippen MR) is 77.5 cm³/mol. The number of carbonyl (C=O) groups is 1. The zero-order valence-electron chi connectivity index (χ0n) is 11.3. The van der Waals surface area contributed by atoms with Crippen LogP contribution < -0.4 is 0 Å². The van der Waals surface area contributed by atoms with Crippen LogP contribution in [-0.2, 0) is 4.74 Å². The van der Waals surface area contributed by atoms with Crippen molar-refractivity contribution in [2.24, 2.45) is 0 Å². The van der Waals surface area contributed by atoms with Gasteiger partial charge in [-0.05, 0) is 23.3 Å². The van der Waals surface area contributed by atoms with E-state index in [0.717, 1.165) is 11.1 Å². The highest BCUT2D eigenvalue weighted by atomic mass is 16.5. The van der Waals surface area contributed by atoms with Crippen molar-refractivity contribution >= 4 is 11.5 Å². The Morgan fingerprint density at radius 3 is 2.00 bits per heavy atom. The maximum absolute atomic E-state index is 11.2. The second kappa shape index (κ2) is 8.99. The van der Waals surface area contributed by atoms with Gasteiger partial charge in [0.05, 0.1) is 12.7 Å². The summed E-state index contributed by atoms with van der Waals surface area (Å²) in [5, 5.41) is 0. The first-order chi connectivity index (χ1) is 8.72. The third-order valence-electron chi connectivity index (χ3n) is 2.16. The first kappa shape index (κ1) is 15.9. The number of hydrogen-bond donors (Lipinski definition) is 0. The average Bonchev–Trinajstić information content (AvgIpc) is 2.46. The fourth-order valence-electron chi connectivity index (χ4n) is 1.33. The zero-order valence-corrected chi connectivity index (χ0v) is 11.3. The highest BCUT2D eigenvalue weighted by molar-refractivity contribution is 5.90. The number of esters is 1. The van der Waals surface area contributed by atoms with Gasteiger partial charge < -0.3 is 4.74 Å². The molecule has 96 valence electrons. The Morgan fingerprint density at radius 1 is 1.11 bits per heavy atom. The molecule has 0 aliphatic rings. The molecule has 0 fully saturated rings. The number of hydrogen-bond acceptors (Lipinski definition) is 2. The molecule has 2 heteroatoms. The Balaban J connectivity index is 0.00000137. The van der Waals surface area contributed by atoms with Gasteiger partial charge in [-0.3, -0.25) is 0 Å². The van der Waals surface area contributed by atoms with Crippen LogP contribution in [0.15, 0.2) is 55.7 Å². The predicted octanol–water partition coefficient (Wildman–Crippen LogP) is 4.25. The molecule has 0 aliphatic heterocycles. The topological polar surface area (TPSA) is 26.3 Å². The van der Waals surface area contributed by atoms with Gasteiger partial charge in [0.2, 0.25) is 0 Å². The largest absolute Gasteiger partial charge is 0.465 e. The highest BCUT2D eigenvalue weighted by Gasteiger charge is 2.04. The van der Waals surface area contributed by atoms with Crippen LogP contribution in [0.2, 0.25) is 0 Å². The van der Waals surface area contributed by atoms with Crippen molar-refractivity contribution in [2.45, 2.75) is 13.8 Å². The molecule has 1 aromatic carbocycles. The van der Waals surface area contributed by atoms with Gasteiger partial charge in [-0.15, -0.1) is 0 Å². The van der Waals surface area contributed by atoms with Crippen LogP contribution in [0.25, 0.3) is 5.57 Å². The van der Waals surface area contributed by atoms with Crippen LogP contribution in [0.3, 0.4) is 0 Å². The quantitative estimate of drug-likeness (QED) is 0.584. The average molecular weight is 244 g/mol. The zero-order chi connectivity index (χ0) is 14.0. The fourth-order valence-corrected chi connectivity index (χ4v) is 1.33. The summed E-state index contributed by atoms with van der Waals surface area (Å²) in [6, 6.07) is 7.15. The van der Waals surface area contributed by atoms with Crippen molar-refractivity contribution in [2.75, 3.05) is 7.11 Å². The summed E-state index contributed by atoms with van der Waals surface area (Å²) in [6.07, 6.45) is 5.31. The molecular weight excluding hydrogens is 224 g/mol. The lowest BCUT2D eigenvalue weighted by Crippen LogP contribution is -2.00. The van der Waals surface area contributed by atoms with Crippen molar-refractivity contribution in [1.82, 2.24) is 0 Å². The van der Waals surface area contributed by atoms with Crippen LogP contribution in [0, 0.1) is 0 Å². The SMILES string of the molecule is C=C/C=C(\C=C)c1ccc(C(=O)OC)cc1.CC. The van der Waals surface area contributed by atoms with E-state index in [4.69, 9.17) is 0 Å². The minimum Gasteiger partial charge on any atom is -0.465 e. The number of carbonyl (C=O) groups excluding carboxylic acids is 1. The van der Waals surface area contributed by atoms with Crippen LogP contribution in [-0.4, -0.2) is 13.1 Å². The molecule has 0 aromatic heterocycles. The molecule has 0 N–H and O–H groups in total. The lowest BCUT2D eigenvalue weighted by molar-refractivity contribution is 0.0601. The van der Waals surface area contributed by atoms with Crippen molar-refractivity contribution in [3.8, 4) is 0 Å². The molecule has 0 heterocycles. The van der Waals surface area contributed by atoms with Crippen molar-refractivity contribution < 1.29 is 9.53 Å². The normalized spacial score (nSPS) is 9.83. The van der Waals surface area contributed by atoms with E-state index in [0.29, 0.717) is 5.56 Å². The first-order valence-electron chi connectivity index (χ1n) is 5.87. The number of benzene rings is 1. The number of rotatable bonds is 4. The number of ether oxygens (including phenoxy) is 1. The van der Waals surface area contributed by atoms with Crippen molar-refractivity contribution in [3.05, 3.63) is 66.8 Å². The Hall–Kier alpha value is -2.09. The lowest BCUT2D eigenvalue weighted by atomic mass is 10.0. The summed E-state index contributed by atoms with van der Waals surface area (Å²) >= 11 is 0. The molecular formula is C16H20O2. The van der Waals surface area contributed by atoms with Crippen LogP contribution in [0.5, 0.6) is 0 Å². The molecule has 0 amide bonds. The van der Waals surface area contributed by atoms with E-state index < -0.39 is 0 Å². The molecule has 0 saturated carbocycles. The van der Waals surface area contributed by atoms with E-state index >= 15 is 0 Å². The Kier molecular flexibility index (Phi) is 7.95. The minimum atomic E-state index is -0.334. The summed E-state index contributed by atoms with van der Waals surface area (Å²) in [6.45, 7) is 11.4. The molecule has 0 saturated heterocycles. The van der Waals surface area contributed by atoms with Gasteiger partial charge in [-0.2, -0.15) is 0 Å². The second-order valence-electron chi connectivity index (χ2n) is 3.13. The second-order valence-corrected chi connectivity index (χ2v) is 3.13. The molecule has 0 unspecified atom stereocenters. The van der Waals surface area contributed by atoms with E-state index in [1.165, 1.54) is 7.11 Å². The highest BCUT2D eigenvalue weighted by Crippen LogP contribution is 2.16. The van der Waals surface area contributed by atoms with Gasteiger partial charge in [-0.1, -0.05) is 57.4 Å². The summed E-state index contributed by atoms with van der Waals surface area (Å²) in [4.78, 5) is 11.2. The van der Waals surface area contributed by atoms with Gasteiger partial charge in [0.1, 0.15) is 0 Å². The Labute approximate surface area is 109 Å². The Morgan fingerprint density at radius 2 is 1.61 bits per heavy atom. The maximum Gasteiger partial charge on any atom is 0.337 e. The molecule has 1 rings (SSSR count). The molecule has 0 radical (unpaired) electrons. The summed E-state index contributed by atoms with van der Waals surface area (Å²) < 4.78 is 4.62. The molecule has 0 spiro atoms. The van der Waals surface area contributed by atoms with E-state index in [2.05, 4.69) is 17.9 Å². The van der Waals surface area contributed by atoms with E-state index in [-0.39, 0.29) is 5.97 Å². The first-order valence-corrected chi connectivity index (χ1v) is 5.87. The van der Waals surface area contributed by atoms with Gasteiger partial charge >= 0.3 is 5.97 Å². The molecule has 0 atom stereocenters. The van der Waals surface area contributed by atoms with E-state index in [1.54, 1.807) is 24.3 Å². The molecule has 18 heavy (non-hydrogen) atoms. The van der Waals surface area contributed by atoms with Gasteiger partial charge in [0.15, 0.2) is 0 Å². The molecule has 0 bridgehead atoms. The van der Waals surface area contributed by atoms with Crippen LogP contribution >= 0.6 is 0 Å². The standard InChI is InChI=1S/C14H14O2.C2H6/c1-4-6-11(5-2)12-7-9-13(10-8-12)14(15)16-3;1-2/h4-10H,1-2H2,3H3;1-2H3/b11-6+;. The third-order valence-corrected chi connectivity index (χ3v) is 2.16. The fraction of sp³-hybridized carbons (Fsp3) is 0.188. The van der Waals surface area contributed by atoms with Crippen LogP contribution in [0.4, 0.5) is 0 Å². The van der Waals surface area contributed by atoms with Gasteiger partial charge in [0, 0.05) is 0 Å². The summed E-state index contributed by atoms with van der Waals surface area (Å²) in [7, 11) is 1.36. The summed E-state index contributed by atoms with van der Waals surface area (Å²) in [5.74, 6) is -0.334. The molecule has 2 nitrogen and oxygen atoms in total. The Bertz CT molecular complexity index is 425. The smallest absolute Gasteiger partial charge is 0.337 e. The molecule has 0 aliphatic carbocycles. The molecule has 1 aromatic rings. The van der Waals surface area contributed by atoms with Crippen LogP contribution in [0.1, 0.15) is 29.8 Å². The van der Waals surface area contributed by atoms with E-state index in [1.807, 2.05) is 32.1 Å². The van der Waals surface area contributed by atoms with Gasteiger partial charge in [-0.25, -0.2) is 4.79 Å². The van der Waals surface area contributed by atoms with Crippen molar-refractivity contribution in [3.63, 3.8) is 0 Å².